The Morgan fingerprint density at radius 1 is 1.07 bits per heavy atom. The Kier molecular flexibility index (Phi) is 7.06. The van der Waals surface area contributed by atoms with Crippen molar-refractivity contribution >= 4 is 21.8 Å². The number of nitrogens with one attached hydrogen (secondary N) is 1. The molecule has 1 unspecified atom stereocenters. The number of aryl methyl sites for hydroxylation is 3. The number of alkyl halides is 3. The Labute approximate surface area is 167 Å². The normalized spacial score (nSPS) is 13.4. The Morgan fingerprint density at radius 3 is 2.07 bits per heavy atom. The van der Waals surface area contributed by atoms with Crippen molar-refractivity contribution in [2.45, 2.75) is 42.8 Å². The van der Waals surface area contributed by atoms with Gasteiger partial charge in [0.05, 0.1) is 12.0 Å². The monoisotopic (exact) mass is 433 g/mol. The average molecular weight is 434 g/mol. The van der Waals surface area contributed by atoms with E-state index in [0.717, 1.165) is 17.3 Å². The molecule has 0 amide bonds. The third kappa shape index (κ3) is 5.65. The summed E-state index contributed by atoms with van der Waals surface area (Å²) in [4.78, 5) is 0.471. The maximum Gasteiger partial charge on any atom is 0.405 e. The highest BCUT2D eigenvalue weighted by atomic mass is 32.2. The average Bonchev–Trinajstić information content (AvgIpc) is 2.56. The summed E-state index contributed by atoms with van der Waals surface area (Å²) in [5, 5.41) is 0. The molecule has 2 aromatic rings. The van der Waals surface area contributed by atoms with Crippen molar-refractivity contribution in [2.24, 2.45) is 0 Å². The zero-order valence-electron chi connectivity index (χ0n) is 15.9. The van der Waals surface area contributed by atoms with Crippen molar-refractivity contribution in [2.75, 3.05) is 12.9 Å². The fourth-order valence-electron chi connectivity index (χ4n) is 2.88. The van der Waals surface area contributed by atoms with Crippen molar-refractivity contribution in [1.82, 2.24) is 4.72 Å². The highest BCUT2D eigenvalue weighted by molar-refractivity contribution is 7.99. The van der Waals surface area contributed by atoms with E-state index < -0.39 is 28.0 Å². The lowest BCUT2D eigenvalue weighted by molar-refractivity contribution is -0.145. The molecule has 0 fully saturated rings. The van der Waals surface area contributed by atoms with E-state index in [0.29, 0.717) is 21.8 Å². The second-order valence-electron chi connectivity index (χ2n) is 6.43. The molecule has 0 spiro atoms. The fraction of sp³-hybridized carbons (Fsp3) is 0.368. The molecule has 2 aromatic carbocycles. The van der Waals surface area contributed by atoms with Crippen LogP contribution in [0.15, 0.2) is 46.2 Å². The molecule has 0 aliphatic carbocycles. The van der Waals surface area contributed by atoms with Crippen LogP contribution in [0.4, 0.5) is 13.2 Å². The number of rotatable bonds is 7. The number of thioether (sulfide) groups is 1. The molecule has 0 aliphatic heterocycles. The first-order valence-electron chi connectivity index (χ1n) is 8.38. The largest absolute Gasteiger partial charge is 0.497 e. The lowest BCUT2D eigenvalue weighted by atomic mass is 10.1. The fourth-order valence-corrected chi connectivity index (χ4v) is 5.62. The van der Waals surface area contributed by atoms with Gasteiger partial charge in [-0.1, -0.05) is 17.7 Å². The van der Waals surface area contributed by atoms with Gasteiger partial charge in [0.1, 0.15) is 11.8 Å². The molecule has 28 heavy (non-hydrogen) atoms. The molecule has 2 rings (SSSR count). The molecule has 9 heteroatoms. The first-order valence-corrected chi connectivity index (χ1v) is 10.8. The Balaban J connectivity index is 2.24. The number of methoxy groups -OCH3 is 1. The quantitative estimate of drug-likeness (QED) is 0.648. The van der Waals surface area contributed by atoms with Crippen molar-refractivity contribution in [3.05, 3.63) is 53.1 Å². The van der Waals surface area contributed by atoms with Gasteiger partial charge < -0.3 is 4.74 Å². The van der Waals surface area contributed by atoms with Gasteiger partial charge in [0.2, 0.25) is 10.0 Å². The summed E-state index contributed by atoms with van der Waals surface area (Å²) in [7, 11) is -2.85. The van der Waals surface area contributed by atoms with E-state index in [1.165, 1.54) is 7.11 Å². The van der Waals surface area contributed by atoms with E-state index in [9.17, 15) is 21.6 Å². The molecule has 4 nitrogen and oxygen atoms in total. The van der Waals surface area contributed by atoms with Crippen LogP contribution in [-0.4, -0.2) is 33.5 Å². The summed E-state index contributed by atoms with van der Waals surface area (Å²) in [6.45, 7) is 4.94. The van der Waals surface area contributed by atoms with Gasteiger partial charge in [-0.25, -0.2) is 8.42 Å². The summed E-state index contributed by atoms with van der Waals surface area (Å²) >= 11 is 0.919. The summed E-state index contributed by atoms with van der Waals surface area (Å²) in [6, 6.07) is 7.57. The first kappa shape index (κ1) is 22.6. The van der Waals surface area contributed by atoms with Gasteiger partial charge in [0, 0.05) is 10.6 Å². The zero-order chi connectivity index (χ0) is 21.1. The van der Waals surface area contributed by atoms with Crippen molar-refractivity contribution in [3.63, 3.8) is 0 Å². The number of hydrogen-bond acceptors (Lipinski definition) is 4. The van der Waals surface area contributed by atoms with E-state index in [2.05, 4.69) is 0 Å². The number of sulfonamides is 1. The van der Waals surface area contributed by atoms with Crippen LogP contribution in [0.2, 0.25) is 0 Å². The van der Waals surface area contributed by atoms with E-state index >= 15 is 0 Å². The minimum atomic E-state index is -4.72. The molecular formula is C19H22F3NO3S2. The molecule has 0 aliphatic rings. The van der Waals surface area contributed by atoms with Gasteiger partial charge in [-0.15, -0.1) is 11.8 Å². The highest BCUT2D eigenvalue weighted by Crippen LogP contribution is 2.30. The molecular weight excluding hydrogens is 411 g/mol. The first-order chi connectivity index (χ1) is 12.9. The molecule has 0 aromatic heterocycles. The van der Waals surface area contributed by atoms with Crippen LogP contribution in [0.1, 0.15) is 16.7 Å². The van der Waals surface area contributed by atoms with Gasteiger partial charge in [-0.05, 0) is 56.2 Å². The summed E-state index contributed by atoms with van der Waals surface area (Å²) in [6.07, 6.45) is -4.72. The molecule has 1 N–H and O–H groups in total. The van der Waals surface area contributed by atoms with Crippen LogP contribution in [0.5, 0.6) is 5.75 Å². The maximum atomic E-state index is 13.5. The molecule has 0 heterocycles. The van der Waals surface area contributed by atoms with Gasteiger partial charge in [0.15, 0.2) is 0 Å². The second-order valence-corrected chi connectivity index (χ2v) is 9.17. The van der Waals surface area contributed by atoms with Gasteiger partial charge >= 0.3 is 6.18 Å². The van der Waals surface area contributed by atoms with Crippen LogP contribution in [-0.2, 0) is 10.0 Å². The van der Waals surface area contributed by atoms with Crippen LogP contribution in [0.3, 0.4) is 0 Å². The van der Waals surface area contributed by atoms with E-state index in [1.54, 1.807) is 57.2 Å². The molecule has 0 saturated heterocycles. The standard InChI is InChI=1S/C19H22F3NO3S2/c1-12-9-13(2)18(14(3)10-12)28(24,25)23-17(19(20,21)22)11-27-16-7-5-15(26-4)6-8-16/h5-10,17,23H,11H2,1-4H3. The maximum absolute atomic E-state index is 13.5. The SMILES string of the molecule is COc1ccc(SCC(NS(=O)(=O)c2c(C)cc(C)cc2C)C(F)(F)F)cc1. The van der Waals surface area contributed by atoms with Crippen LogP contribution < -0.4 is 9.46 Å². The number of hydrogen-bond donors (Lipinski definition) is 1. The lowest BCUT2D eigenvalue weighted by Gasteiger charge is -2.22. The lowest BCUT2D eigenvalue weighted by Crippen LogP contribution is -2.47. The molecule has 1 atom stereocenters. The summed E-state index contributed by atoms with van der Waals surface area (Å²) in [5.74, 6) is 0.0988. The smallest absolute Gasteiger partial charge is 0.405 e. The molecule has 0 radical (unpaired) electrons. The van der Waals surface area contributed by atoms with Crippen molar-refractivity contribution in [3.8, 4) is 5.75 Å². The minimum Gasteiger partial charge on any atom is -0.497 e. The predicted octanol–water partition coefficient (Wildman–Crippen LogP) is 4.62. The van der Waals surface area contributed by atoms with E-state index in [1.807, 2.05) is 4.72 Å². The van der Waals surface area contributed by atoms with Crippen LogP contribution in [0.25, 0.3) is 0 Å². The third-order valence-electron chi connectivity index (χ3n) is 4.04. The Morgan fingerprint density at radius 2 is 1.61 bits per heavy atom. The van der Waals surface area contributed by atoms with Crippen molar-refractivity contribution in [1.29, 1.82) is 0 Å². The highest BCUT2D eigenvalue weighted by Gasteiger charge is 2.42. The number of halogens is 3. The number of ether oxygens (including phenoxy) is 1. The third-order valence-corrected chi connectivity index (χ3v) is 6.92. The van der Waals surface area contributed by atoms with Crippen LogP contribution >= 0.6 is 11.8 Å². The summed E-state index contributed by atoms with van der Waals surface area (Å²) in [5.41, 5.74) is 1.67. The predicted molar refractivity (Wildman–Crippen MR) is 105 cm³/mol. The molecule has 154 valence electrons. The van der Waals surface area contributed by atoms with E-state index in [-0.39, 0.29) is 4.90 Å². The molecule has 0 bridgehead atoms. The van der Waals surface area contributed by atoms with Crippen molar-refractivity contribution < 1.29 is 26.3 Å². The van der Waals surface area contributed by atoms with E-state index in [4.69, 9.17) is 4.74 Å². The van der Waals surface area contributed by atoms with Gasteiger partial charge in [0.25, 0.3) is 0 Å². The second kappa shape index (κ2) is 8.75. The Bertz CT molecular complexity index is 903. The zero-order valence-corrected chi connectivity index (χ0v) is 17.6. The topological polar surface area (TPSA) is 55.4 Å². The molecule has 0 saturated carbocycles. The minimum absolute atomic E-state index is 0.109. The van der Waals surface area contributed by atoms with Gasteiger partial charge in [-0.3, -0.25) is 0 Å². The van der Waals surface area contributed by atoms with Crippen LogP contribution in [0, 0.1) is 20.8 Å². The Hall–Kier alpha value is -1.71. The summed E-state index contributed by atoms with van der Waals surface area (Å²) < 4.78 is 72.7. The van der Waals surface area contributed by atoms with Gasteiger partial charge in [-0.2, -0.15) is 17.9 Å². The number of benzene rings is 2.